The summed E-state index contributed by atoms with van der Waals surface area (Å²) in [5, 5.41) is 9.06. The Kier molecular flexibility index (Phi) is 4.61. The Morgan fingerprint density at radius 1 is 1.50 bits per heavy atom. The van der Waals surface area contributed by atoms with Gasteiger partial charge in [0, 0.05) is 19.5 Å². The first kappa shape index (κ1) is 14.4. The number of carboxylic acids is 1. The second kappa shape index (κ2) is 6.41. The highest BCUT2D eigenvalue weighted by atomic mass is 16.5. The summed E-state index contributed by atoms with van der Waals surface area (Å²) >= 11 is 0. The Bertz CT molecular complexity index is 500. The van der Waals surface area contributed by atoms with Crippen LogP contribution in [-0.4, -0.2) is 35.0 Å². The van der Waals surface area contributed by atoms with Gasteiger partial charge in [0.1, 0.15) is 5.75 Å². The molecule has 20 heavy (non-hydrogen) atoms. The molecular weight excluding hydrogens is 258 g/mol. The van der Waals surface area contributed by atoms with Gasteiger partial charge in [-0.15, -0.1) is 0 Å². The highest BCUT2D eigenvalue weighted by Crippen LogP contribution is 2.21. The van der Waals surface area contributed by atoms with Gasteiger partial charge in [-0.3, -0.25) is 9.59 Å². The van der Waals surface area contributed by atoms with Gasteiger partial charge < -0.3 is 14.7 Å². The minimum Gasteiger partial charge on any atom is -0.494 e. The van der Waals surface area contributed by atoms with E-state index in [0.29, 0.717) is 26.0 Å². The van der Waals surface area contributed by atoms with Crippen molar-refractivity contribution in [1.82, 2.24) is 4.90 Å². The maximum absolute atomic E-state index is 11.9. The van der Waals surface area contributed by atoms with E-state index in [0.717, 1.165) is 11.3 Å². The quantitative estimate of drug-likeness (QED) is 0.892. The lowest BCUT2D eigenvalue weighted by Gasteiger charge is -2.30. The molecule has 0 spiro atoms. The summed E-state index contributed by atoms with van der Waals surface area (Å²) < 4.78 is 5.42. The summed E-state index contributed by atoms with van der Waals surface area (Å²) in [6.07, 6.45) is 0.742. The van der Waals surface area contributed by atoms with E-state index in [1.54, 1.807) is 4.90 Å². The highest BCUT2D eigenvalue weighted by Gasteiger charge is 2.29. The lowest BCUT2D eigenvalue weighted by molar-refractivity contribution is -0.147. The van der Waals surface area contributed by atoms with E-state index >= 15 is 0 Å². The summed E-state index contributed by atoms with van der Waals surface area (Å²) in [4.78, 5) is 24.5. The average Bonchev–Trinajstić information content (AvgIpc) is 2.42. The number of carbonyl (C=O) groups excluding carboxylic acids is 1. The number of hydrogen-bond donors (Lipinski definition) is 1. The highest BCUT2D eigenvalue weighted by molar-refractivity contribution is 5.80. The standard InChI is InChI=1S/C15H19NO4/c1-2-20-13-5-3-4-11(8-13)9-16-10-12(15(18)19)6-7-14(16)17/h3-5,8,12H,2,6-7,9-10H2,1H3,(H,18,19). The molecule has 0 bridgehead atoms. The largest absolute Gasteiger partial charge is 0.494 e. The summed E-state index contributed by atoms with van der Waals surface area (Å²) in [6.45, 7) is 3.22. The van der Waals surface area contributed by atoms with Gasteiger partial charge in [-0.1, -0.05) is 12.1 Å². The minimum absolute atomic E-state index is 0.0179. The van der Waals surface area contributed by atoms with Gasteiger partial charge in [-0.2, -0.15) is 0 Å². The van der Waals surface area contributed by atoms with E-state index in [1.807, 2.05) is 31.2 Å². The van der Waals surface area contributed by atoms with Crippen molar-refractivity contribution in [2.24, 2.45) is 5.92 Å². The molecule has 2 rings (SSSR count). The number of likely N-dealkylation sites (tertiary alicyclic amines) is 1. The van der Waals surface area contributed by atoms with Crippen molar-refractivity contribution in [2.45, 2.75) is 26.3 Å². The van der Waals surface area contributed by atoms with E-state index in [-0.39, 0.29) is 12.5 Å². The molecule has 0 aliphatic carbocycles. The second-order valence-electron chi connectivity index (χ2n) is 4.93. The molecule has 0 saturated carbocycles. The van der Waals surface area contributed by atoms with Crippen LogP contribution in [0.3, 0.4) is 0 Å². The van der Waals surface area contributed by atoms with E-state index in [9.17, 15) is 9.59 Å². The van der Waals surface area contributed by atoms with E-state index in [4.69, 9.17) is 9.84 Å². The SMILES string of the molecule is CCOc1cccc(CN2CC(C(=O)O)CCC2=O)c1. The van der Waals surface area contributed by atoms with Gasteiger partial charge in [0.2, 0.25) is 5.91 Å². The number of piperidine rings is 1. The number of carbonyl (C=O) groups is 2. The fraction of sp³-hybridized carbons (Fsp3) is 0.467. The van der Waals surface area contributed by atoms with E-state index in [1.165, 1.54) is 0 Å². The van der Waals surface area contributed by atoms with Crippen molar-refractivity contribution in [3.63, 3.8) is 0 Å². The van der Waals surface area contributed by atoms with Crippen LogP contribution in [0.2, 0.25) is 0 Å². The molecule has 1 aliphatic heterocycles. The van der Waals surface area contributed by atoms with Crippen molar-refractivity contribution in [3.8, 4) is 5.75 Å². The molecule has 1 aromatic rings. The van der Waals surface area contributed by atoms with Crippen LogP contribution in [0, 0.1) is 5.92 Å². The molecule has 1 heterocycles. The number of rotatable bonds is 5. The fourth-order valence-electron chi connectivity index (χ4n) is 2.39. The van der Waals surface area contributed by atoms with Crippen LogP contribution in [0.25, 0.3) is 0 Å². The van der Waals surface area contributed by atoms with Crippen LogP contribution in [0.15, 0.2) is 24.3 Å². The molecule has 1 atom stereocenters. The molecule has 5 heteroatoms. The Labute approximate surface area is 118 Å². The number of aliphatic carboxylic acids is 1. The Morgan fingerprint density at radius 3 is 3.00 bits per heavy atom. The maximum Gasteiger partial charge on any atom is 0.308 e. The number of hydrogen-bond acceptors (Lipinski definition) is 3. The van der Waals surface area contributed by atoms with E-state index < -0.39 is 11.9 Å². The molecule has 1 amide bonds. The van der Waals surface area contributed by atoms with Crippen LogP contribution in [-0.2, 0) is 16.1 Å². The molecular formula is C15H19NO4. The molecule has 1 N–H and O–H groups in total. The van der Waals surface area contributed by atoms with Gasteiger partial charge in [-0.05, 0) is 31.0 Å². The predicted octanol–water partition coefficient (Wildman–Crippen LogP) is 1.91. The summed E-state index contributed by atoms with van der Waals surface area (Å²) in [5.74, 6) is -0.498. The Balaban J connectivity index is 2.05. The topological polar surface area (TPSA) is 66.8 Å². The zero-order valence-corrected chi connectivity index (χ0v) is 11.5. The van der Waals surface area contributed by atoms with Crippen molar-refractivity contribution in [3.05, 3.63) is 29.8 Å². The molecule has 108 valence electrons. The lowest BCUT2D eigenvalue weighted by atomic mass is 9.97. The van der Waals surface area contributed by atoms with Gasteiger partial charge in [0.15, 0.2) is 0 Å². The minimum atomic E-state index is -0.828. The fourth-order valence-corrected chi connectivity index (χ4v) is 2.39. The van der Waals surface area contributed by atoms with Crippen molar-refractivity contribution in [1.29, 1.82) is 0 Å². The van der Waals surface area contributed by atoms with Gasteiger partial charge in [0.25, 0.3) is 0 Å². The molecule has 0 radical (unpaired) electrons. The third-order valence-corrected chi connectivity index (χ3v) is 3.43. The summed E-state index contributed by atoms with van der Waals surface area (Å²) in [7, 11) is 0. The van der Waals surface area contributed by atoms with Crippen LogP contribution >= 0.6 is 0 Å². The van der Waals surface area contributed by atoms with E-state index in [2.05, 4.69) is 0 Å². The molecule has 1 saturated heterocycles. The zero-order valence-electron chi connectivity index (χ0n) is 11.5. The van der Waals surface area contributed by atoms with Crippen molar-refractivity contribution < 1.29 is 19.4 Å². The normalized spacial score (nSPS) is 18.9. The van der Waals surface area contributed by atoms with Crippen LogP contribution in [0.5, 0.6) is 5.75 Å². The van der Waals surface area contributed by atoms with Crippen molar-refractivity contribution >= 4 is 11.9 Å². The Hall–Kier alpha value is -2.04. The molecule has 0 aromatic heterocycles. The van der Waals surface area contributed by atoms with Gasteiger partial charge in [-0.25, -0.2) is 0 Å². The van der Waals surface area contributed by atoms with Crippen LogP contribution < -0.4 is 4.74 Å². The third-order valence-electron chi connectivity index (χ3n) is 3.43. The van der Waals surface area contributed by atoms with Gasteiger partial charge in [0.05, 0.1) is 12.5 Å². The Morgan fingerprint density at radius 2 is 2.30 bits per heavy atom. The monoisotopic (exact) mass is 277 g/mol. The number of nitrogens with zero attached hydrogens (tertiary/aromatic N) is 1. The maximum atomic E-state index is 11.9. The number of benzene rings is 1. The van der Waals surface area contributed by atoms with Crippen LogP contribution in [0.4, 0.5) is 0 Å². The van der Waals surface area contributed by atoms with Gasteiger partial charge >= 0.3 is 5.97 Å². The zero-order chi connectivity index (χ0) is 14.5. The first-order valence-electron chi connectivity index (χ1n) is 6.82. The molecule has 1 aromatic carbocycles. The molecule has 5 nitrogen and oxygen atoms in total. The number of amides is 1. The molecule has 1 unspecified atom stereocenters. The third kappa shape index (κ3) is 3.50. The summed E-state index contributed by atoms with van der Waals surface area (Å²) in [5.41, 5.74) is 0.954. The predicted molar refractivity (Wildman–Crippen MR) is 73.4 cm³/mol. The number of carboxylic acid groups (broad SMARTS) is 1. The first-order chi connectivity index (χ1) is 9.60. The summed E-state index contributed by atoms with van der Waals surface area (Å²) in [6, 6.07) is 7.55. The van der Waals surface area contributed by atoms with Crippen LogP contribution in [0.1, 0.15) is 25.3 Å². The second-order valence-corrected chi connectivity index (χ2v) is 4.93. The van der Waals surface area contributed by atoms with Crippen molar-refractivity contribution in [2.75, 3.05) is 13.2 Å². The average molecular weight is 277 g/mol. The molecule has 1 fully saturated rings. The lowest BCUT2D eigenvalue weighted by Crippen LogP contribution is -2.41. The molecule has 1 aliphatic rings. The smallest absolute Gasteiger partial charge is 0.308 e. The number of ether oxygens (including phenoxy) is 1. The first-order valence-corrected chi connectivity index (χ1v) is 6.82.